The van der Waals surface area contributed by atoms with Gasteiger partial charge in [-0.2, -0.15) is 5.10 Å². The van der Waals surface area contributed by atoms with Crippen LogP contribution in [0.1, 0.15) is 21.6 Å². The fourth-order valence-electron chi connectivity index (χ4n) is 2.96. The number of anilines is 1. The minimum atomic E-state index is -0.834. The van der Waals surface area contributed by atoms with Crippen LogP contribution in [0.3, 0.4) is 0 Å². The van der Waals surface area contributed by atoms with E-state index in [1.54, 1.807) is 12.1 Å². The molecule has 1 amide bonds. The summed E-state index contributed by atoms with van der Waals surface area (Å²) < 4.78 is 6.80. The smallest absolute Gasteiger partial charge is 0.320 e. The van der Waals surface area contributed by atoms with Gasteiger partial charge in [-0.05, 0) is 37.1 Å². The van der Waals surface area contributed by atoms with E-state index < -0.39 is 21.4 Å². The molecule has 0 atom stereocenters. The Balaban J connectivity index is 1.95. The number of ether oxygens (including phenoxy) is 1. The average molecular weight is 411 g/mol. The number of aromatic nitrogens is 2. The number of rotatable bonds is 6. The largest absolute Gasteiger partial charge is 0.457 e. The maximum Gasteiger partial charge on any atom is 0.320 e. The lowest BCUT2D eigenvalue weighted by molar-refractivity contribution is -0.385. The number of nitrogens with one attached hydrogen (secondary N) is 1. The summed E-state index contributed by atoms with van der Waals surface area (Å²) in [6, 6.07) is 9.23. The molecule has 2 aromatic carbocycles. The predicted octanol–water partition coefficient (Wildman–Crippen LogP) is 3.90. The number of hydrogen-bond acceptors (Lipinski definition) is 7. The number of carbonyl (C=O) groups excluding carboxylic acids is 1. The van der Waals surface area contributed by atoms with Crippen molar-refractivity contribution in [1.82, 2.24) is 9.78 Å². The van der Waals surface area contributed by atoms with Crippen molar-refractivity contribution in [2.45, 2.75) is 13.8 Å². The van der Waals surface area contributed by atoms with Crippen molar-refractivity contribution < 1.29 is 19.4 Å². The Morgan fingerprint density at radius 2 is 1.63 bits per heavy atom. The van der Waals surface area contributed by atoms with Gasteiger partial charge in [-0.15, -0.1) is 0 Å². The molecule has 0 spiro atoms. The molecular weight excluding hydrogens is 394 g/mol. The first-order chi connectivity index (χ1) is 14.1. The van der Waals surface area contributed by atoms with Crippen molar-refractivity contribution >= 4 is 23.0 Å². The topological polar surface area (TPSA) is 142 Å². The van der Waals surface area contributed by atoms with E-state index in [1.165, 1.54) is 19.2 Å². The van der Waals surface area contributed by atoms with Crippen molar-refractivity contribution in [2.75, 3.05) is 5.32 Å². The second kappa shape index (κ2) is 7.99. The van der Waals surface area contributed by atoms with Gasteiger partial charge < -0.3 is 10.1 Å². The van der Waals surface area contributed by atoms with Crippen LogP contribution < -0.4 is 10.1 Å². The molecule has 0 aliphatic heterocycles. The predicted molar refractivity (Wildman–Crippen MR) is 107 cm³/mol. The molecular formula is C19H17N5O6. The Bertz CT molecular complexity index is 1150. The molecule has 0 saturated carbocycles. The van der Waals surface area contributed by atoms with E-state index in [9.17, 15) is 25.0 Å². The van der Waals surface area contributed by atoms with E-state index in [0.717, 1.165) is 28.1 Å². The third kappa shape index (κ3) is 4.41. The third-order valence-corrected chi connectivity index (χ3v) is 4.12. The second-order valence-electron chi connectivity index (χ2n) is 6.61. The van der Waals surface area contributed by atoms with Gasteiger partial charge in [0.2, 0.25) is 5.69 Å². The molecule has 3 aromatic rings. The van der Waals surface area contributed by atoms with Crippen LogP contribution in [-0.4, -0.2) is 25.5 Å². The molecule has 0 unspecified atom stereocenters. The van der Waals surface area contributed by atoms with E-state index in [0.29, 0.717) is 5.75 Å². The standard InChI is InChI=1S/C19H17N5O6/c1-11-4-12(2)6-15(5-11)30-16-8-13(7-14(9-16)23(26)27)21-19(25)18-17(24(28)29)10-20-22(18)3/h4-10H,1-3H3,(H,21,25). The van der Waals surface area contributed by atoms with Gasteiger partial charge in [0.25, 0.3) is 11.6 Å². The van der Waals surface area contributed by atoms with Crippen LogP contribution in [0.4, 0.5) is 17.1 Å². The molecule has 1 N–H and O–H groups in total. The summed E-state index contributed by atoms with van der Waals surface area (Å²) in [5.74, 6) is -0.226. The highest BCUT2D eigenvalue weighted by atomic mass is 16.6. The lowest BCUT2D eigenvalue weighted by Crippen LogP contribution is -2.17. The summed E-state index contributed by atoms with van der Waals surface area (Å²) in [6.45, 7) is 3.78. The number of amides is 1. The number of nitrogens with zero attached hydrogens (tertiary/aromatic N) is 4. The summed E-state index contributed by atoms with van der Waals surface area (Å²) in [6.07, 6.45) is 0.955. The number of nitro groups is 2. The van der Waals surface area contributed by atoms with Crippen LogP contribution in [0, 0.1) is 34.1 Å². The molecule has 11 nitrogen and oxygen atoms in total. The van der Waals surface area contributed by atoms with Crippen molar-refractivity contribution in [3.63, 3.8) is 0 Å². The lowest BCUT2D eigenvalue weighted by atomic mass is 10.1. The number of hydrogen-bond donors (Lipinski definition) is 1. The molecule has 154 valence electrons. The number of non-ortho nitro benzene ring substituents is 1. The zero-order valence-electron chi connectivity index (χ0n) is 16.3. The van der Waals surface area contributed by atoms with Crippen LogP contribution in [-0.2, 0) is 7.05 Å². The monoisotopic (exact) mass is 411 g/mol. The fourth-order valence-corrected chi connectivity index (χ4v) is 2.96. The van der Waals surface area contributed by atoms with E-state index >= 15 is 0 Å². The van der Waals surface area contributed by atoms with Crippen LogP contribution in [0.25, 0.3) is 0 Å². The van der Waals surface area contributed by atoms with E-state index in [-0.39, 0.29) is 22.8 Å². The van der Waals surface area contributed by atoms with Crippen LogP contribution in [0.2, 0.25) is 0 Å². The van der Waals surface area contributed by atoms with Gasteiger partial charge >= 0.3 is 5.69 Å². The average Bonchev–Trinajstić information content (AvgIpc) is 3.02. The first-order valence-electron chi connectivity index (χ1n) is 8.67. The maximum atomic E-state index is 12.6. The van der Waals surface area contributed by atoms with Crippen molar-refractivity contribution in [3.05, 3.63) is 79.6 Å². The first kappa shape index (κ1) is 20.5. The molecule has 30 heavy (non-hydrogen) atoms. The quantitative estimate of drug-likeness (QED) is 0.479. The SMILES string of the molecule is Cc1cc(C)cc(Oc2cc(NC(=O)c3c([N+](=O)[O-])cnn3C)cc([N+](=O)[O-])c2)c1. The maximum absolute atomic E-state index is 12.6. The summed E-state index contributed by atoms with van der Waals surface area (Å²) in [5, 5.41) is 28.6. The van der Waals surface area contributed by atoms with Crippen molar-refractivity contribution in [2.24, 2.45) is 7.05 Å². The van der Waals surface area contributed by atoms with Gasteiger partial charge in [0.1, 0.15) is 17.7 Å². The summed E-state index contributed by atoms with van der Waals surface area (Å²) >= 11 is 0. The molecule has 0 aliphatic rings. The third-order valence-electron chi connectivity index (χ3n) is 4.12. The molecule has 0 bridgehead atoms. The van der Waals surface area contributed by atoms with Crippen LogP contribution >= 0.6 is 0 Å². The molecule has 0 fully saturated rings. The molecule has 0 aliphatic carbocycles. The summed E-state index contributed by atoms with van der Waals surface area (Å²) in [4.78, 5) is 33.6. The Labute approximate surface area is 170 Å². The minimum absolute atomic E-state index is 0.0454. The highest BCUT2D eigenvalue weighted by molar-refractivity contribution is 6.06. The van der Waals surface area contributed by atoms with E-state index in [1.807, 2.05) is 19.9 Å². The molecule has 1 aromatic heterocycles. The Morgan fingerprint density at radius 3 is 2.23 bits per heavy atom. The number of carbonyl (C=O) groups is 1. The van der Waals surface area contributed by atoms with Gasteiger partial charge in [0.05, 0.1) is 21.6 Å². The number of benzene rings is 2. The van der Waals surface area contributed by atoms with Gasteiger partial charge in [-0.3, -0.25) is 29.7 Å². The molecule has 0 radical (unpaired) electrons. The van der Waals surface area contributed by atoms with Crippen molar-refractivity contribution in [3.8, 4) is 11.5 Å². The Hall–Kier alpha value is -4.28. The molecule has 11 heteroatoms. The van der Waals surface area contributed by atoms with E-state index in [4.69, 9.17) is 4.74 Å². The number of nitro benzene ring substituents is 1. The molecule has 3 rings (SSSR count). The zero-order valence-corrected chi connectivity index (χ0v) is 16.3. The highest BCUT2D eigenvalue weighted by Crippen LogP contribution is 2.31. The van der Waals surface area contributed by atoms with Gasteiger partial charge in [0, 0.05) is 19.2 Å². The highest BCUT2D eigenvalue weighted by Gasteiger charge is 2.26. The Morgan fingerprint density at radius 1 is 1.00 bits per heavy atom. The second-order valence-corrected chi connectivity index (χ2v) is 6.61. The van der Waals surface area contributed by atoms with E-state index in [2.05, 4.69) is 10.4 Å². The summed E-state index contributed by atoms with van der Waals surface area (Å²) in [7, 11) is 1.38. The molecule has 0 saturated heterocycles. The Kier molecular flexibility index (Phi) is 5.45. The fraction of sp³-hybridized carbons (Fsp3) is 0.158. The zero-order chi connectivity index (χ0) is 22.0. The van der Waals surface area contributed by atoms with Crippen LogP contribution in [0.5, 0.6) is 11.5 Å². The summed E-state index contributed by atoms with van der Waals surface area (Å²) in [5.41, 5.74) is 0.867. The number of aryl methyl sites for hydroxylation is 3. The molecule has 1 heterocycles. The first-order valence-corrected chi connectivity index (χ1v) is 8.67. The van der Waals surface area contributed by atoms with Gasteiger partial charge in [-0.25, -0.2) is 0 Å². The van der Waals surface area contributed by atoms with Crippen LogP contribution in [0.15, 0.2) is 42.6 Å². The normalized spacial score (nSPS) is 10.5. The minimum Gasteiger partial charge on any atom is -0.457 e. The van der Waals surface area contributed by atoms with Crippen molar-refractivity contribution in [1.29, 1.82) is 0 Å². The lowest BCUT2D eigenvalue weighted by Gasteiger charge is -2.10. The van der Waals surface area contributed by atoms with Gasteiger partial charge in [0.15, 0.2) is 0 Å². The van der Waals surface area contributed by atoms with Gasteiger partial charge in [-0.1, -0.05) is 6.07 Å².